The Balaban J connectivity index is 0.00000529. The fraction of sp³-hybridized carbons (Fsp3) is 0.276. The van der Waals surface area contributed by atoms with E-state index in [1.165, 1.54) is 30.3 Å². The van der Waals surface area contributed by atoms with Gasteiger partial charge < -0.3 is 16.2 Å². The first kappa shape index (κ1) is 34.0. The summed E-state index contributed by atoms with van der Waals surface area (Å²) >= 11 is 0. The Hall–Kier alpha value is -4.45. The van der Waals surface area contributed by atoms with E-state index >= 15 is 13.2 Å². The molecule has 0 aliphatic rings. The van der Waals surface area contributed by atoms with Crippen molar-refractivity contribution in [3.63, 3.8) is 0 Å². The highest BCUT2D eigenvalue weighted by Gasteiger charge is 2.62. The summed E-state index contributed by atoms with van der Waals surface area (Å²) in [6.07, 6.45) is 2.97. The van der Waals surface area contributed by atoms with E-state index in [9.17, 15) is 13.6 Å². The molecular weight excluding hydrogens is 609 g/mol. The molecule has 0 aliphatic carbocycles. The number of nitrogens with zero attached hydrogens (tertiary/aromatic N) is 5. The molecule has 2 heterocycles. The number of carbonyl (C=O) groups is 1. The van der Waals surface area contributed by atoms with Crippen molar-refractivity contribution < 1.29 is 31.5 Å². The van der Waals surface area contributed by atoms with Gasteiger partial charge in [-0.2, -0.15) is 8.78 Å². The third kappa shape index (κ3) is 7.73. The van der Waals surface area contributed by atoms with Gasteiger partial charge in [0.2, 0.25) is 5.60 Å². The molecule has 2 aromatic heterocycles. The molecular formula is C29H27ClF5N7O2. The molecule has 4 rings (SSSR count). The molecule has 44 heavy (non-hydrogen) atoms. The summed E-state index contributed by atoms with van der Waals surface area (Å²) in [6, 6.07) is 8.00. The third-order valence-electron chi connectivity index (χ3n) is 6.48. The lowest BCUT2D eigenvalue weighted by molar-refractivity contribution is -0.233. The van der Waals surface area contributed by atoms with Gasteiger partial charge in [0.25, 0.3) is 0 Å². The number of rotatable bonds is 11. The van der Waals surface area contributed by atoms with Gasteiger partial charge in [0.15, 0.2) is 0 Å². The first-order valence-electron chi connectivity index (χ1n) is 13.0. The number of nitrogens with two attached hydrogens (primary N) is 2. The van der Waals surface area contributed by atoms with Gasteiger partial charge in [0, 0.05) is 29.0 Å². The minimum absolute atomic E-state index is 0. The fourth-order valence-electron chi connectivity index (χ4n) is 4.21. The van der Waals surface area contributed by atoms with Crippen LogP contribution in [0.3, 0.4) is 0 Å². The van der Waals surface area contributed by atoms with Crippen LogP contribution in [-0.2, 0) is 27.6 Å². The molecule has 0 spiro atoms. The molecule has 0 aliphatic heterocycles. The zero-order chi connectivity index (χ0) is 31.0. The molecule has 2 aromatic carbocycles. The van der Waals surface area contributed by atoms with E-state index < -0.39 is 58.8 Å². The van der Waals surface area contributed by atoms with Crippen molar-refractivity contribution in [3.8, 4) is 11.8 Å². The van der Waals surface area contributed by atoms with E-state index in [1.54, 1.807) is 0 Å². The van der Waals surface area contributed by atoms with Crippen LogP contribution in [0.4, 0.5) is 22.0 Å². The van der Waals surface area contributed by atoms with E-state index in [1.807, 2.05) is 0 Å². The number of carbonyl (C=O) groups excluding carboxylic acids is 1. The molecule has 0 amide bonds. The van der Waals surface area contributed by atoms with Gasteiger partial charge in [-0.1, -0.05) is 18.3 Å². The molecule has 232 valence electrons. The second-order valence-electron chi connectivity index (χ2n) is 9.53. The van der Waals surface area contributed by atoms with E-state index in [-0.39, 0.29) is 24.4 Å². The number of hydrogen-bond donors (Lipinski definition) is 2. The number of hydrogen-bond acceptors (Lipinski definition) is 8. The Labute approximate surface area is 255 Å². The normalized spacial score (nSPS) is 13.2. The molecule has 15 heteroatoms. The highest BCUT2D eigenvalue weighted by Crippen LogP contribution is 2.49. The first-order chi connectivity index (χ1) is 20.6. The smallest absolute Gasteiger partial charge is 0.334 e. The van der Waals surface area contributed by atoms with E-state index in [0.717, 1.165) is 35.4 Å². The zero-order valence-electron chi connectivity index (χ0n) is 23.0. The van der Waals surface area contributed by atoms with Crippen molar-refractivity contribution in [2.75, 3.05) is 6.54 Å². The average molecular weight is 636 g/mol. The van der Waals surface area contributed by atoms with Crippen molar-refractivity contribution in [2.45, 2.75) is 43.4 Å². The number of alkyl halides is 2. The fourth-order valence-corrected chi connectivity index (χ4v) is 4.21. The van der Waals surface area contributed by atoms with E-state index in [2.05, 4.69) is 32.4 Å². The van der Waals surface area contributed by atoms with E-state index in [0.29, 0.717) is 31.0 Å². The van der Waals surface area contributed by atoms with Crippen molar-refractivity contribution in [3.05, 3.63) is 107 Å². The predicted octanol–water partition coefficient (Wildman–Crippen LogP) is 3.99. The van der Waals surface area contributed by atoms with Crippen molar-refractivity contribution in [1.82, 2.24) is 25.2 Å². The summed E-state index contributed by atoms with van der Waals surface area (Å²) in [5.41, 5.74) is 7.16. The molecule has 1 unspecified atom stereocenters. The largest absolute Gasteiger partial charge is 0.444 e. The number of halogens is 6. The Morgan fingerprint density at radius 1 is 0.977 bits per heavy atom. The summed E-state index contributed by atoms with van der Waals surface area (Å²) in [6.45, 7) is -0.676. The maximum Gasteiger partial charge on any atom is 0.334 e. The lowest BCUT2D eigenvalue weighted by Gasteiger charge is -2.40. The number of benzene rings is 2. The monoisotopic (exact) mass is 635 g/mol. The van der Waals surface area contributed by atoms with Crippen LogP contribution >= 0.6 is 12.4 Å². The Morgan fingerprint density at radius 3 is 2.27 bits per heavy atom. The second kappa shape index (κ2) is 14.8. The number of esters is 1. The quantitative estimate of drug-likeness (QED) is 0.109. The predicted molar refractivity (Wildman–Crippen MR) is 151 cm³/mol. The Morgan fingerprint density at radius 2 is 1.66 bits per heavy atom. The highest BCUT2D eigenvalue weighted by molar-refractivity contribution is 5.85. The molecule has 0 saturated heterocycles. The van der Waals surface area contributed by atoms with Crippen LogP contribution in [0, 0.1) is 29.3 Å². The molecule has 9 nitrogen and oxygen atoms in total. The lowest BCUT2D eigenvalue weighted by atomic mass is 9.83. The minimum atomic E-state index is -4.27. The molecule has 0 fully saturated rings. The van der Waals surface area contributed by atoms with Gasteiger partial charge >= 0.3 is 11.9 Å². The topological polar surface area (TPSA) is 135 Å². The van der Waals surface area contributed by atoms with Crippen LogP contribution in [0.15, 0.2) is 67.1 Å². The average Bonchev–Trinajstić information content (AvgIpc) is 3.49. The number of aromatic nitrogens is 5. The minimum Gasteiger partial charge on any atom is -0.444 e. The third-order valence-corrected chi connectivity index (χ3v) is 6.48. The van der Waals surface area contributed by atoms with Gasteiger partial charge in [-0.15, -0.1) is 17.5 Å². The summed E-state index contributed by atoms with van der Waals surface area (Å²) in [4.78, 5) is 17.0. The number of tetrazole rings is 1. The van der Waals surface area contributed by atoms with Gasteiger partial charge in [-0.3, -0.25) is 9.78 Å². The first-order valence-corrected chi connectivity index (χ1v) is 13.0. The molecule has 4 aromatic rings. The van der Waals surface area contributed by atoms with Crippen molar-refractivity contribution in [1.29, 1.82) is 0 Å². The van der Waals surface area contributed by atoms with Gasteiger partial charge in [0.1, 0.15) is 35.5 Å². The maximum absolute atomic E-state index is 16.8. The van der Waals surface area contributed by atoms with Crippen LogP contribution in [-0.4, -0.2) is 43.7 Å². The number of unbranched alkanes of at least 4 members (excludes halogenated alkanes) is 1. The van der Waals surface area contributed by atoms with Crippen molar-refractivity contribution in [2.24, 2.45) is 11.5 Å². The lowest BCUT2D eigenvalue weighted by Crippen LogP contribution is -2.53. The Kier molecular flexibility index (Phi) is 11.5. The molecule has 4 N–H and O–H groups in total. The van der Waals surface area contributed by atoms with Crippen LogP contribution in [0.5, 0.6) is 0 Å². The molecule has 0 radical (unpaired) electrons. The zero-order valence-corrected chi connectivity index (χ0v) is 23.8. The molecule has 0 bridgehead atoms. The van der Waals surface area contributed by atoms with Crippen molar-refractivity contribution >= 4 is 18.4 Å². The van der Waals surface area contributed by atoms with Crippen LogP contribution < -0.4 is 11.5 Å². The maximum atomic E-state index is 16.8. The van der Waals surface area contributed by atoms with Crippen LogP contribution in [0.2, 0.25) is 0 Å². The Bertz CT molecular complexity index is 1600. The summed E-state index contributed by atoms with van der Waals surface area (Å²) in [5.74, 6) is -2.96. The number of pyridine rings is 1. The molecule has 0 saturated carbocycles. The van der Waals surface area contributed by atoms with Crippen LogP contribution in [0.25, 0.3) is 0 Å². The standard InChI is InChI=1S/C29H26F5N7O2.ClH/c30-21-9-6-19(7-10-21)4-5-20-8-13-26(37-16-20)29(33,34)28(17-41-18-38-39-40-41,23-12-11-22(31)15-24(23)32)43-27(42)25(36)3-1-2-14-35;/h6-13,15-16,18,25H,1-3,14,17,35-36H2;1H/t25-,28?;/m0./s1. The van der Waals surface area contributed by atoms with Crippen LogP contribution in [0.1, 0.15) is 41.6 Å². The van der Waals surface area contributed by atoms with E-state index in [4.69, 9.17) is 16.2 Å². The van der Waals surface area contributed by atoms with Gasteiger partial charge in [-0.25, -0.2) is 17.9 Å². The van der Waals surface area contributed by atoms with Gasteiger partial charge in [-0.05, 0) is 78.3 Å². The highest BCUT2D eigenvalue weighted by atomic mass is 35.5. The second-order valence-corrected chi connectivity index (χ2v) is 9.53. The summed E-state index contributed by atoms with van der Waals surface area (Å²) in [7, 11) is 0. The van der Waals surface area contributed by atoms with Gasteiger partial charge in [0.05, 0.1) is 6.54 Å². The SMILES string of the molecule is Cl.NCCCC[C@H](N)C(=O)OC(Cn1cnnn1)(c1ccc(F)cc1F)C(F)(F)c1ccc(C#Cc2ccc(F)cc2)cn1. The molecule has 2 atom stereocenters. The summed E-state index contributed by atoms with van der Waals surface area (Å²) in [5, 5.41) is 10.4. The number of ether oxygens (including phenoxy) is 1. The summed E-state index contributed by atoms with van der Waals surface area (Å²) < 4.78 is 82.2.